The molecule has 0 aromatic carbocycles. The summed E-state index contributed by atoms with van der Waals surface area (Å²) in [7, 11) is 0. The predicted molar refractivity (Wildman–Crippen MR) is 82.5 cm³/mol. The van der Waals surface area contributed by atoms with Crippen molar-refractivity contribution in [3.63, 3.8) is 0 Å². The molecule has 0 saturated carbocycles. The number of alkyl carbamates (subject to hydrolysis) is 1. The molecule has 0 aliphatic carbocycles. The lowest BCUT2D eigenvalue weighted by atomic mass is 9.87. The van der Waals surface area contributed by atoms with Crippen molar-refractivity contribution in [2.24, 2.45) is 11.5 Å². The van der Waals surface area contributed by atoms with Crippen molar-refractivity contribution in [1.82, 2.24) is 16.0 Å². The molecule has 3 heterocycles. The van der Waals surface area contributed by atoms with Gasteiger partial charge in [-0.1, -0.05) is 0 Å². The highest BCUT2D eigenvalue weighted by atomic mass is 16.5. The average Bonchev–Trinajstić information content (AvgIpc) is 2.94. The number of nitrogens with one attached hydrogen (secondary N) is 4. The Morgan fingerprint density at radius 2 is 2.25 bits per heavy atom. The van der Waals surface area contributed by atoms with Crippen molar-refractivity contribution in [3.05, 3.63) is 0 Å². The van der Waals surface area contributed by atoms with Crippen LogP contribution in [-0.4, -0.2) is 75.5 Å². The molecule has 0 unspecified atom stereocenters. The van der Waals surface area contributed by atoms with E-state index in [2.05, 4.69) is 20.9 Å². The summed E-state index contributed by atoms with van der Waals surface area (Å²) >= 11 is 0. The van der Waals surface area contributed by atoms with Crippen molar-refractivity contribution >= 4 is 18.0 Å². The topological polar surface area (TPSA) is 172 Å². The Morgan fingerprint density at radius 1 is 1.54 bits per heavy atom. The van der Waals surface area contributed by atoms with Gasteiger partial charge >= 0.3 is 18.0 Å². The molecule has 0 aromatic heterocycles. The van der Waals surface area contributed by atoms with Gasteiger partial charge in [-0.05, 0) is 13.8 Å². The maximum absolute atomic E-state index is 11.7. The molecular formula is C13H25N7O4+2. The van der Waals surface area contributed by atoms with E-state index >= 15 is 0 Å². The van der Waals surface area contributed by atoms with Gasteiger partial charge in [0, 0.05) is 12.5 Å². The van der Waals surface area contributed by atoms with Crippen molar-refractivity contribution in [3.8, 4) is 0 Å². The van der Waals surface area contributed by atoms with Gasteiger partial charge in [0.25, 0.3) is 5.66 Å². The first-order valence-electron chi connectivity index (χ1n) is 7.89. The number of hydrogen-bond donors (Lipinski definition) is 8. The molecule has 24 heavy (non-hydrogen) atoms. The van der Waals surface area contributed by atoms with Crippen LogP contribution in [0.2, 0.25) is 0 Å². The molecule has 1 amide bonds. The van der Waals surface area contributed by atoms with Crippen LogP contribution in [-0.2, 0) is 4.74 Å². The van der Waals surface area contributed by atoms with Crippen LogP contribution in [0, 0.1) is 0 Å². The fourth-order valence-corrected chi connectivity index (χ4v) is 3.66. The highest BCUT2D eigenvalue weighted by Crippen LogP contribution is 2.36. The Bertz CT molecular complexity index is 617. The number of carbonyl (C=O) groups excluding carboxylic acids is 1. The van der Waals surface area contributed by atoms with Crippen LogP contribution in [0.4, 0.5) is 4.79 Å². The van der Waals surface area contributed by atoms with Crippen LogP contribution in [0.15, 0.2) is 0 Å². The van der Waals surface area contributed by atoms with Crippen LogP contribution >= 0.6 is 0 Å². The van der Waals surface area contributed by atoms with Crippen molar-refractivity contribution in [2.75, 3.05) is 13.2 Å². The Balaban J connectivity index is 1.85. The van der Waals surface area contributed by atoms with Gasteiger partial charge in [-0.25, -0.2) is 14.7 Å². The second-order valence-corrected chi connectivity index (χ2v) is 6.68. The summed E-state index contributed by atoms with van der Waals surface area (Å²) in [6, 6.07) is -1.14. The van der Waals surface area contributed by atoms with Crippen LogP contribution in [0.25, 0.3) is 0 Å². The lowest BCUT2D eigenvalue weighted by Gasteiger charge is -2.40. The maximum Gasteiger partial charge on any atom is 0.407 e. The Labute approximate surface area is 138 Å². The number of nitrogens with zero attached hydrogens (tertiary/aromatic N) is 1. The minimum absolute atomic E-state index is 0.0302. The predicted octanol–water partition coefficient (Wildman–Crippen LogP) is -5.43. The van der Waals surface area contributed by atoms with Gasteiger partial charge in [-0.15, -0.1) is 0 Å². The van der Waals surface area contributed by atoms with Gasteiger partial charge in [0.15, 0.2) is 6.04 Å². The molecule has 10 N–H and O–H groups in total. The number of hydrogen-bond acceptors (Lipinski definition) is 8. The number of aliphatic hydroxyl groups is 2. The summed E-state index contributed by atoms with van der Waals surface area (Å²) in [6.45, 7) is 3.95. The average molecular weight is 343 g/mol. The normalized spacial score (nSPS) is 33.3. The zero-order valence-corrected chi connectivity index (χ0v) is 13.7. The summed E-state index contributed by atoms with van der Waals surface area (Å²) in [5.41, 5.74) is 10.6. The Kier molecular flexibility index (Phi) is 3.72. The summed E-state index contributed by atoms with van der Waals surface area (Å²) in [5, 5.41) is 29.6. The SMILES string of the molecule is CC(C)NC(=O)OC[C@@H]1NC(N)=[N+]2CCC(O)(O)[C@@]23NC(N)=[NH+][C@@H]13. The molecule has 0 bridgehead atoms. The minimum atomic E-state index is -2.06. The molecule has 1 spiro atoms. The molecule has 3 aliphatic rings. The fraction of sp³-hybridized carbons (Fsp3) is 0.769. The number of ether oxygens (including phenoxy) is 1. The molecule has 3 atom stereocenters. The van der Waals surface area contributed by atoms with E-state index < -0.39 is 29.6 Å². The van der Waals surface area contributed by atoms with Crippen molar-refractivity contribution in [2.45, 2.75) is 49.8 Å². The molecule has 0 aromatic rings. The Morgan fingerprint density at radius 3 is 2.92 bits per heavy atom. The molecule has 11 heteroatoms. The van der Waals surface area contributed by atoms with Gasteiger partial charge in [0.1, 0.15) is 12.6 Å². The third-order valence-corrected chi connectivity index (χ3v) is 4.63. The quantitative estimate of drug-likeness (QED) is 0.185. The number of amides is 1. The summed E-state index contributed by atoms with van der Waals surface area (Å²) in [5.74, 6) is -1.60. The van der Waals surface area contributed by atoms with Gasteiger partial charge in [0.05, 0.1) is 6.54 Å². The molecule has 3 aliphatic heterocycles. The zero-order valence-electron chi connectivity index (χ0n) is 13.7. The lowest BCUT2D eigenvalue weighted by Crippen LogP contribution is -2.91. The molecule has 11 nitrogen and oxygen atoms in total. The monoisotopic (exact) mass is 343 g/mol. The zero-order chi connectivity index (χ0) is 17.7. The molecule has 1 saturated heterocycles. The number of guanidine groups is 2. The van der Waals surface area contributed by atoms with E-state index in [4.69, 9.17) is 16.2 Å². The molecular weight excluding hydrogens is 318 g/mol. The van der Waals surface area contributed by atoms with Gasteiger partial charge in [-0.3, -0.25) is 21.8 Å². The first kappa shape index (κ1) is 16.6. The van der Waals surface area contributed by atoms with Crippen LogP contribution < -0.4 is 32.4 Å². The number of carbonyl (C=O) groups is 1. The van der Waals surface area contributed by atoms with Gasteiger partial charge in [-0.2, -0.15) is 0 Å². The van der Waals surface area contributed by atoms with E-state index in [1.807, 2.05) is 13.8 Å². The Hall–Kier alpha value is -2.27. The molecule has 134 valence electrons. The molecule has 0 radical (unpaired) electrons. The largest absolute Gasteiger partial charge is 0.446 e. The van der Waals surface area contributed by atoms with E-state index in [1.165, 1.54) is 0 Å². The minimum Gasteiger partial charge on any atom is -0.446 e. The van der Waals surface area contributed by atoms with Gasteiger partial charge in [0.2, 0.25) is 5.79 Å². The summed E-state index contributed by atoms with van der Waals surface area (Å²) in [6.07, 6.45) is -0.467. The first-order chi connectivity index (χ1) is 11.2. The lowest BCUT2D eigenvalue weighted by molar-refractivity contribution is -0.674. The second kappa shape index (κ2) is 5.38. The number of nitrogens with two attached hydrogens (primary N) is 2. The van der Waals surface area contributed by atoms with E-state index in [1.54, 1.807) is 4.58 Å². The second-order valence-electron chi connectivity index (χ2n) is 6.68. The van der Waals surface area contributed by atoms with Gasteiger partial charge < -0.3 is 20.3 Å². The van der Waals surface area contributed by atoms with Crippen LogP contribution in [0.5, 0.6) is 0 Å². The standard InChI is InChI=1S/C13H23N7O4/c1-6(2)16-11(21)24-5-7-8-13(19-9(14)18-8)12(22,23)3-4-20(13)10(15)17-7/h6-8,22-23H,3-5H2,1-2H3,(H6,14,15,16,17,18,19,21)/p+2/t7-,8-,13-/m0/s1. The highest BCUT2D eigenvalue weighted by Gasteiger charge is 2.74. The van der Waals surface area contributed by atoms with Crippen LogP contribution in [0.1, 0.15) is 20.3 Å². The smallest absolute Gasteiger partial charge is 0.407 e. The molecule has 1 fully saturated rings. The summed E-state index contributed by atoms with van der Waals surface area (Å²) < 4.78 is 6.85. The number of rotatable bonds is 3. The fourth-order valence-electron chi connectivity index (χ4n) is 3.66. The van der Waals surface area contributed by atoms with E-state index in [0.717, 1.165) is 0 Å². The van der Waals surface area contributed by atoms with E-state index in [9.17, 15) is 15.0 Å². The first-order valence-corrected chi connectivity index (χ1v) is 7.89. The van der Waals surface area contributed by atoms with Crippen molar-refractivity contribution in [1.29, 1.82) is 0 Å². The van der Waals surface area contributed by atoms with E-state index in [0.29, 0.717) is 6.54 Å². The maximum atomic E-state index is 11.7. The van der Waals surface area contributed by atoms with Crippen molar-refractivity contribution < 1.29 is 29.3 Å². The van der Waals surface area contributed by atoms with E-state index in [-0.39, 0.29) is 31.0 Å². The summed E-state index contributed by atoms with van der Waals surface area (Å²) in [4.78, 5) is 14.7. The highest BCUT2D eigenvalue weighted by molar-refractivity contribution is 5.78. The van der Waals surface area contributed by atoms with Crippen LogP contribution in [0.3, 0.4) is 0 Å². The third-order valence-electron chi connectivity index (χ3n) is 4.63. The molecule has 3 rings (SSSR count). The third kappa shape index (κ3) is 2.31.